The zero-order chi connectivity index (χ0) is 23.9. The van der Waals surface area contributed by atoms with Gasteiger partial charge in [0.05, 0.1) is 23.5 Å². The van der Waals surface area contributed by atoms with E-state index in [0.29, 0.717) is 0 Å². The van der Waals surface area contributed by atoms with Crippen molar-refractivity contribution in [2.75, 3.05) is 5.32 Å². The third-order valence-corrected chi connectivity index (χ3v) is 6.18. The molecular formula is C27H22F3N3O. The molecule has 3 aromatic carbocycles. The molecule has 1 atom stereocenters. The molecule has 5 rings (SSSR count). The number of nitrogens with zero attached hydrogens (tertiary/aromatic N) is 2. The molecule has 2 amide bonds. The molecule has 1 aromatic heterocycles. The summed E-state index contributed by atoms with van der Waals surface area (Å²) < 4.78 is 42.8. The molecule has 7 heteroatoms. The molecule has 0 spiro atoms. The van der Waals surface area contributed by atoms with Crippen molar-refractivity contribution >= 4 is 11.7 Å². The Balaban J connectivity index is 1.64. The van der Waals surface area contributed by atoms with Gasteiger partial charge in [0.15, 0.2) is 0 Å². The van der Waals surface area contributed by atoms with E-state index >= 15 is 0 Å². The van der Waals surface area contributed by atoms with E-state index in [4.69, 9.17) is 0 Å². The molecule has 1 N–H and O–H groups in total. The number of nitrogens with one attached hydrogen (secondary N) is 1. The number of amides is 2. The van der Waals surface area contributed by atoms with Crippen molar-refractivity contribution in [3.8, 4) is 5.69 Å². The second kappa shape index (κ2) is 8.41. The molecule has 4 nitrogen and oxygen atoms in total. The Morgan fingerprint density at radius 2 is 1.62 bits per heavy atom. The summed E-state index contributed by atoms with van der Waals surface area (Å²) in [5, 5.41) is 2.55. The number of carbonyl (C=O) groups is 1. The Morgan fingerprint density at radius 3 is 2.41 bits per heavy atom. The van der Waals surface area contributed by atoms with E-state index in [1.807, 2.05) is 78.4 Å². The zero-order valence-electron chi connectivity index (χ0n) is 18.4. The Labute approximate surface area is 195 Å². The van der Waals surface area contributed by atoms with Crippen molar-refractivity contribution in [3.05, 3.63) is 119 Å². The lowest BCUT2D eigenvalue weighted by Gasteiger charge is -2.32. The third-order valence-electron chi connectivity index (χ3n) is 6.18. The molecule has 0 radical (unpaired) electrons. The van der Waals surface area contributed by atoms with Crippen LogP contribution >= 0.6 is 0 Å². The molecule has 4 aromatic rings. The molecule has 0 aliphatic carbocycles. The SMILES string of the molecule is Cc1ccccc1[C@@H]1c2cccn2-c2ccccc2CN1C(=O)Nc1ccccc1C(F)(F)F. The quantitative estimate of drug-likeness (QED) is 0.345. The van der Waals surface area contributed by atoms with Gasteiger partial charge in [-0.25, -0.2) is 4.79 Å². The molecule has 0 bridgehead atoms. The second-order valence-electron chi connectivity index (χ2n) is 8.29. The summed E-state index contributed by atoms with van der Waals surface area (Å²) in [7, 11) is 0. The molecule has 1 aliphatic rings. The molecule has 0 saturated heterocycles. The number of rotatable bonds is 2. The summed E-state index contributed by atoms with van der Waals surface area (Å²) >= 11 is 0. The number of benzene rings is 3. The maximum atomic E-state index is 13.7. The number of alkyl halides is 3. The number of para-hydroxylation sites is 2. The number of hydrogen-bond acceptors (Lipinski definition) is 1. The highest BCUT2D eigenvalue weighted by atomic mass is 19.4. The first-order valence-electron chi connectivity index (χ1n) is 10.9. The van der Waals surface area contributed by atoms with Crippen LogP contribution in [0.5, 0.6) is 0 Å². The van der Waals surface area contributed by atoms with Gasteiger partial charge in [-0.15, -0.1) is 0 Å². The van der Waals surface area contributed by atoms with Crippen LogP contribution in [0.1, 0.15) is 34.0 Å². The highest BCUT2D eigenvalue weighted by Gasteiger charge is 2.36. The molecule has 0 fully saturated rings. The van der Waals surface area contributed by atoms with Crippen LogP contribution in [0, 0.1) is 6.92 Å². The zero-order valence-corrected chi connectivity index (χ0v) is 18.4. The van der Waals surface area contributed by atoms with E-state index in [1.165, 1.54) is 18.2 Å². The monoisotopic (exact) mass is 461 g/mol. The van der Waals surface area contributed by atoms with E-state index < -0.39 is 23.8 Å². The molecule has 0 saturated carbocycles. The van der Waals surface area contributed by atoms with Gasteiger partial charge in [0.25, 0.3) is 0 Å². The van der Waals surface area contributed by atoms with E-state index in [9.17, 15) is 18.0 Å². The Morgan fingerprint density at radius 1 is 0.912 bits per heavy atom. The van der Waals surface area contributed by atoms with Crippen molar-refractivity contribution in [2.45, 2.75) is 25.7 Å². The molecule has 2 heterocycles. The summed E-state index contributed by atoms with van der Waals surface area (Å²) in [6.45, 7) is 2.20. The number of carbonyl (C=O) groups excluding carboxylic acids is 1. The molecule has 172 valence electrons. The standard InChI is InChI=1S/C27H22F3N3O/c1-18-9-2-4-11-20(18)25-24-15-8-16-32(24)23-14-7-3-10-19(23)17-33(25)26(34)31-22-13-6-5-12-21(22)27(28,29)30/h2-16,25H,17H2,1H3,(H,31,34)/t25-/m1/s1. The average molecular weight is 461 g/mol. The first kappa shape index (κ1) is 21.8. The summed E-state index contributed by atoms with van der Waals surface area (Å²) in [5.41, 5.74) is 3.45. The smallest absolute Gasteiger partial charge is 0.318 e. The minimum Gasteiger partial charge on any atom is -0.318 e. The van der Waals surface area contributed by atoms with Gasteiger partial charge in [0, 0.05) is 11.9 Å². The maximum absolute atomic E-state index is 13.7. The summed E-state index contributed by atoms with van der Waals surface area (Å²) in [4.78, 5) is 15.3. The van der Waals surface area contributed by atoms with Gasteiger partial charge in [0.2, 0.25) is 0 Å². The van der Waals surface area contributed by atoms with E-state index in [1.54, 1.807) is 4.90 Å². The number of fused-ring (bicyclic) bond motifs is 3. The second-order valence-corrected chi connectivity index (χ2v) is 8.29. The fraction of sp³-hybridized carbons (Fsp3) is 0.148. The Kier molecular flexibility index (Phi) is 5.40. The van der Waals surface area contributed by atoms with Crippen molar-refractivity contribution in [1.29, 1.82) is 0 Å². The fourth-order valence-corrected chi connectivity index (χ4v) is 4.59. The van der Waals surface area contributed by atoms with E-state index in [0.717, 1.165) is 34.1 Å². The minimum atomic E-state index is -4.58. The van der Waals surface area contributed by atoms with Crippen LogP contribution in [0.2, 0.25) is 0 Å². The summed E-state index contributed by atoms with van der Waals surface area (Å²) in [6.07, 6.45) is -2.64. The number of halogens is 3. The van der Waals surface area contributed by atoms with Gasteiger partial charge in [-0.2, -0.15) is 13.2 Å². The molecule has 34 heavy (non-hydrogen) atoms. The maximum Gasteiger partial charge on any atom is 0.418 e. The van der Waals surface area contributed by atoms with Crippen LogP contribution in [0.3, 0.4) is 0 Å². The Hall–Kier alpha value is -4.00. The van der Waals surface area contributed by atoms with Crippen LogP contribution < -0.4 is 5.32 Å². The average Bonchev–Trinajstić information content (AvgIpc) is 3.24. The topological polar surface area (TPSA) is 37.3 Å². The number of urea groups is 1. The lowest BCUT2D eigenvalue weighted by molar-refractivity contribution is -0.136. The van der Waals surface area contributed by atoms with Crippen LogP contribution in [-0.2, 0) is 12.7 Å². The van der Waals surface area contributed by atoms with E-state index in [2.05, 4.69) is 5.32 Å². The number of hydrogen-bond donors (Lipinski definition) is 1. The largest absolute Gasteiger partial charge is 0.418 e. The number of aryl methyl sites for hydroxylation is 1. The van der Waals surface area contributed by atoms with Gasteiger partial charge in [-0.1, -0.05) is 54.6 Å². The van der Waals surface area contributed by atoms with Crippen molar-refractivity contribution in [3.63, 3.8) is 0 Å². The normalized spacial score (nSPS) is 15.3. The van der Waals surface area contributed by atoms with Gasteiger partial charge in [-0.3, -0.25) is 0 Å². The minimum absolute atomic E-state index is 0.233. The highest BCUT2D eigenvalue weighted by molar-refractivity contribution is 5.91. The first-order valence-corrected chi connectivity index (χ1v) is 10.9. The van der Waals surface area contributed by atoms with Crippen LogP contribution in [0.15, 0.2) is 91.1 Å². The number of aromatic nitrogens is 1. The lowest BCUT2D eigenvalue weighted by Crippen LogP contribution is -2.38. The molecule has 1 aliphatic heterocycles. The number of anilines is 1. The molecular weight excluding hydrogens is 439 g/mol. The predicted molar refractivity (Wildman–Crippen MR) is 125 cm³/mol. The predicted octanol–water partition coefficient (Wildman–Crippen LogP) is 6.94. The van der Waals surface area contributed by atoms with E-state index in [-0.39, 0.29) is 12.2 Å². The van der Waals surface area contributed by atoms with Crippen LogP contribution in [0.4, 0.5) is 23.7 Å². The van der Waals surface area contributed by atoms with Gasteiger partial charge >= 0.3 is 12.2 Å². The van der Waals surface area contributed by atoms with Gasteiger partial charge in [0.1, 0.15) is 6.04 Å². The van der Waals surface area contributed by atoms with Crippen molar-refractivity contribution in [1.82, 2.24) is 9.47 Å². The molecule has 0 unspecified atom stereocenters. The van der Waals surface area contributed by atoms with Crippen molar-refractivity contribution in [2.24, 2.45) is 0 Å². The highest BCUT2D eigenvalue weighted by Crippen LogP contribution is 2.39. The van der Waals surface area contributed by atoms with Gasteiger partial charge < -0.3 is 14.8 Å². The third kappa shape index (κ3) is 3.83. The van der Waals surface area contributed by atoms with Crippen LogP contribution in [-0.4, -0.2) is 15.5 Å². The van der Waals surface area contributed by atoms with Crippen molar-refractivity contribution < 1.29 is 18.0 Å². The fourth-order valence-electron chi connectivity index (χ4n) is 4.59. The summed E-state index contributed by atoms with van der Waals surface area (Å²) in [6, 6.07) is 23.3. The first-order chi connectivity index (χ1) is 16.3. The lowest BCUT2D eigenvalue weighted by atomic mass is 9.97. The Bertz CT molecular complexity index is 1360. The van der Waals surface area contributed by atoms with Gasteiger partial charge in [-0.05, 0) is 53.9 Å². The van der Waals surface area contributed by atoms with Crippen LogP contribution in [0.25, 0.3) is 5.69 Å². The summed E-state index contributed by atoms with van der Waals surface area (Å²) in [5.74, 6) is 0.